The van der Waals surface area contributed by atoms with Crippen molar-refractivity contribution in [1.29, 1.82) is 0 Å². The van der Waals surface area contributed by atoms with E-state index in [4.69, 9.17) is 19.9 Å². The Morgan fingerprint density at radius 2 is 1.22 bits per heavy atom. The Bertz CT molecular complexity index is 1450. The predicted molar refractivity (Wildman–Crippen MR) is 129 cm³/mol. The van der Waals surface area contributed by atoms with E-state index < -0.39 is 0 Å². The molecular weight excluding hydrogens is 396 g/mol. The van der Waals surface area contributed by atoms with Gasteiger partial charge in [-0.1, -0.05) is 46.8 Å². The van der Waals surface area contributed by atoms with E-state index >= 15 is 0 Å². The summed E-state index contributed by atoms with van der Waals surface area (Å²) in [6.07, 6.45) is 0.885. The van der Waals surface area contributed by atoms with Gasteiger partial charge in [0.05, 0.1) is 33.5 Å². The van der Waals surface area contributed by atoms with Gasteiger partial charge in [0.15, 0.2) is 0 Å². The molecule has 0 fully saturated rings. The summed E-state index contributed by atoms with van der Waals surface area (Å²) in [7, 11) is 0. The molecule has 2 aromatic carbocycles. The monoisotopic (exact) mass is 424 g/mol. The quantitative estimate of drug-likeness (QED) is 0.322. The number of nitrogens with zero attached hydrogens (tertiary/aromatic N) is 4. The maximum Gasteiger partial charge on any atom is 0.214 e. The van der Waals surface area contributed by atoms with Gasteiger partial charge in [0, 0.05) is 22.3 Å². The van der Waals surface area contributed by atoms with Crippen LogP contribution < -0.4 is 0 Å². The molecule has 2 aromatic heterocycles. The molecule has 0 amide bonds. The Kier molecular flexibility index (Phi) is 4.63. The molecule has 0 atom stereocenters. The lowest BCUT2D eigenvalue weighted by Gasteiger charge is -2.19. The molecule has 1 aliphatic carbocycles. The molecule has 0 spiro atoms. The SMILES string of the molecule is CCc1ccc2c(c1)C(=O)c1nc3c(C(C)C)c4nc(C)c(C)nc4c(C(C)C)c3nc1-2. The summed E-state index contributed by atoms with van der Waals surface area (Å²) >= 11 is 0. The Morgan fingerprint density at radius 1 is 0.719 bits per heavy atom. The van der Waals surface area contributed by atoms with Crippen LogP contribution in [0.2, 0.25) is 0 Å². The molecule has 4 aromatic rings. The number of fused-ring (bicyclic) bond motifs is 5. The summed E-state index contributed by atoms with van der Waals surface area (Å²) in [6.45, 7) is 14.7. The number of benzene rings is 2. The fourth-order valence-electron chi connectivity index (χ4n) is 4.79. The maximum absolute atomic E-state index is 13.3. The first-order valence-corrected chi connectivity index (χ1v) is 11.4. The number of aromatic nitrogens is 4. The second-order valence-corrected chi connectivity index (χ2v) is 9.41. The van der Waals surface area contributed by atoms with Crippen molar-refractivity contribution in [3.8, 4) is 11.3 Å². The van der Waals surface area contributed by atoms with Gasteiger partial charge in [-0.05, 0) is 43.7 Å². The number of hydrogen-bond acceptors (Lipinski definition) is 5. The van der Waals surface area contributed by atoms with Gasteiger partial charge in [-0.25, -0.2) is 19.9 Å². The van der Waals surface area contributed by atoms with Gasteiger partial charge < -0.3 is 0 Å². The number of carbonyl (C=O) groups excluding carboxylic acids is 1. The molecule has 32 heavy (non-hydrogen) atoms. The molecule has 0 saturated carbocycles. The lowest BCUT2D eigenvalue weighted by molar-refractivity contribution is 0.103. The van der Waals surface area contributed by atoms with Crippen molar-refractivity contribution in [3.05, 3.63) is 57.5 Å². The summed E-state index contributed by atoms with van der Waals surface area (Å²) in [4.78, 5) is 33.4. The average Bonchev–Trinajstić information content (AvgIpc) is 3.02. The van der Waals surface area contributed by atoms with Crippen LogP contribution in [0.4, 0.5) is 0 Å². The van der Waals surface area contributed by atoms with Crippen molar-refractivity contribution in [2.75, 3.05) is 0 Å². The lowest BCUT2D eigenvalue weighted by atomic mass is 9.91. The van der Waals surface area contributed by atoms with E-state index in [2.05, 4.69) is 40.7 Å². The third-order valence-electron chi connectivity index (χ3n) is 6.58. The zero-order valence-electron chi connectivity index (χ0n) is 19.8. The highest BCUT2D eigenvalue weighted by Crippen LogP contribution is 2.41. The largest absolute Gasteiger partial charge is 0.287 e. The fraction of sp³-hybridized carbons (Fsp3) is 0.370. The fourth-order valence-corrected chi connectivity index (χ4v) is 4.79. The van der Waals surface area contributed by atoms with Crippen LogP contribution in [-0.4, -0.2) is 25.7 Å². The highest BCUT2D eigenvalue weighted by molar-refractivity contribution is 6.21. The lowest BCUT2D eigenvalue weighted by Crippen LogP contribution is -2.09. The Balaban J connectivity index is 1.97. The summed E-state index contributed by atoms with van der Waals surface area (Å²) in [5, 5.41) is 0. The van der Waals surface area contributed by atoms with Gasteiger partial charge in [-0.15, -0.1) is 0 Å². The minimum Gasteiger partial charge on any atom is -0.287 e. The molecule has 0 aliphatic heterocycles. The number of ketones is 1. The molecule has 0 bridgehead atoms. The number of rotatable bonds is 3. The Labute approximate surface area is 188 Å². The first-order chi connectivity index (χ1) is 15.2. The maximum atomic E-state index is 13.3. The van der Waals surface area contributed by atoms with Crippen LogP contribution in [0.5, 0.6) is 0 Å². The summed E-state index contributed by atoms with van der Waals surface area (Å²) in [5.74, 6) is 0.311. The van der Waals surface area contributed by atoms with E-state index in [1.807, 2.05) is 26.0 Å². The summed E-state index contributed by atoms with van der Waals surface area (Å²) < 4.78 is 0. The third-order valence-corrected chi connectivity index (χ3v) is 6.58. The molecule has 2 heterocycles. The van der Waals surface area contributed by atoms with E-state index in [0.29, 0.717) is 17.0 Å². The van der Waals surface area contributed by atoms with Gasteiger partial charge in [-0.3, -0.25) is 4.79 Å². The summed E-state index contributed by atoms with van der Waals surface area (Å²) in [6, 6.07) is 6.09. The average molecular weight is 425 g/mol. The Hall–Kier alpha value is -3.21. The van der Waals surface area contributed by atoms with Gasteiger partial charge >= 0.3 is 0 Å². The Morgan fingerprint density at radius 3 is 1.72 bits per heavy atom. The van der Waals surface area contributed by atoms with E-state index in [1.54, 1.807) is 0 Å². The predicted octanol–water partition coefficient (Wildman–Crippen LogP) is 6.21. The number of hydrogen-bond donors (Lipinski definition) is 0. The second-order valence-electron chi connectivity index (χ2n) is 9.41. The van der Waals surface area contributed by atoms with Crippen LogP contribution in [0.15, 0.2) is 18.2 Å². The van der Waals surface area contributed by atoms with Crippen LogP contribution in [0.1, 0.15) is 90.6 Å². The number of carbonyl (C=O) groups is 1. The zero-order valence-corrected chi connectivity index (χ0v) is 19.8. The second kappa shape index (κ2) is 7.16. The van der Waals surface area contributed by atoms with E-state index in [9.17, 15) is 4.79 Å². The molecule has 162 valence electrons. The van der Waals surface area contributed by atoms with Crippen molar-refractivity contribution in [2.24, 2.45) is 0 Å². The molecule has 5 heteroatoms. The van der Waals surface area contributed by atoms with Gasteiger partial charge in [0.2, 0.25) is 5.78 Å². The van der Waals surface area contributed by atoms with Crippen LogP contribution in [0.25, 0.3) is 33.3 Å². The molecular formula is C27H28N4O. The van der Waals surface area contributed by atoms with Crippen LogP contribution in [0, 0.1) is 13.8 Å². The molecule has 0 unspecified atom stereocenters. The van der Waals surface area contributed by atoms with Crippen molar-refractivity contribution >= 4 is 27.9 Å². The van der Waals surface area contributed by atoms with Crippen LogP contribution in [-0.2, 0) is 6.42 Å². The number of aryl methyl sites for hydroxylation is 3. The molecule has 5 rings (SSSR count). The highest BCUT2D eigenvalue weighted by Gasteiger charge is 2.32. The molecule has 5 nitrogen and oxygen atoms in total. The third kappa shape index (κ3) is 2.80. The molecule has 0 N–H and O–H groups in total. The van der Waals surface area contributed by atoms with Gasteiger partial charge in [-0.2, -0.15) is 0 Å². The standard InChI is InChI=1S/C27H28N4O/c1-8-16-9-10-17-18(11-16)27(32)26-21(17)30-24-19(12(2)3)22-23(29-15(7)14(6)28-22)20(13(4)5)25(24)31-26/h9-13H,8H2,1-7H3. The summed E-state index contributed by atoms with van der Waals surface area (Å²) in [5.41, 5.74) is 11.2. The first-order valence-electron chi connectivity index (χ1n) is 11.4. The first kappa shape index (κ1) is 20.7. The smallest absolute Gasteiger partial charge is 0.214 e. The molecule has 1 aliphatic rings. The van der Waals surface area contributed by atoms with Crippen molar-refractivity contribution < 1.29 is 4.79 Å². The van der Waals surface area contributed by atoms with Crippen molar-refractivity contribution in [1.82, 2.24) is 19.9 Å². The van der Waals surface area contributed by atoms with E-state index in [-0.39, 0.29) is 17.6 Å². The van der Waals surface area contributed by atoms with Crippen LogP contribution >= 0.6 is 0 Å². The van der Waals surface area contributed by atoms with Crippen molar-refractivity contribution in [3.63, 3.8) is 0 Å². The van der Waals surface area contributed by atoms with Crippen molar-refractivity contribution in [2.45, 2.75) is 66.7 Å². The minimum atomic E-state index is -0.0354. The molecule has 0 radical (unpaired) electrons. The normalized spacial score (nSPS) is 13.0. The van der Waals surface area contributed by atoms with E-state index in [0.717, 1.165) is 62.1 Å². The van der Waals surface area contributed by atoms with Gasteiger partial charge in [0.25, 0.3) is 0 Å². The highest BCUT2D eigenvalue weighted by atomic mass is 16.1. The zero-order chi connectivity index (χ0) is 22.9. The molecule has 0 saturated heterocycles. The van der Waals surface area contributed by atoms with Crippen LogP contribution in [0.3, 0.4) is 0 Å². The topological polar surface area (TPSA) is 68.6 Å². The minimum absolute atomic E-state index is 0.0354. The van der Waals surface area contributed by atoms with E-state index in [1.165, 1.54) is 0 Å². The van der Waals surface area contributed by atoms with Gasteiger partial charge in [0.1, 0.15) is 11.4 Å².